The summed E-state index contributed by atoms with van der Waals surface area (Å²) in [5.41, 5.74) is 0.0839. The highest BCUT2D eigenvalue weighted by Crippen LogP contribution is 2.16. The van der Waals surface area contributed by atoms with Crippen LogP contribution < -0.4 is 5.32 Å². The quantitative estimate of drug-likeness (QED) is 0.666. The van der Waals surface area contributed by atoms with E-state index in [1.165, 1.54) is 12.3 Å². The van der Waals surface area contributed by atoms with E-state index < -0.39 is 5.97 Å². The number of carbonyl (C=O) groups excluding carboxylic acids is 1. The number of aromatic carboxylic acids is 1. The van der Waals surface area contributed by atoms with E-state index in [9.17, 15) is 9.59 Å². The van der Waals surface area contributed by atoms with E-state index in [4.69, 9.17) is 18.5 Å². The third kappa shape index (κ3) is 3.94. The van der Waals surface area contributed by atoms with Crippen LogP contribution in [0.4, 0.5) is 0 Å². The maximum Gasteiger partial charge on any atom is 0.339 e. The number of carboxylic acids is 1. The minimum absolute atomic E-state index is 0.0839. The molecule has 0 saturated carbocycles. The third-order valence-corrected chi connectivity index (χ3v) is 3.43. The second-order valence-corrected chi connectivity index (χ2v) is 5.25. The molecule has 0 atom stereocenters. The molecule has 25 heavy (non-hydrogen) atoms. The molecule has 1 amide bonds. The van der Waals surface area contributed by atoms with Crippen molar-refractivity contribution in [2.45, 2.75) is 26.3 Å². The van der Waals surface area contributed by atoms with Crippen LogP contribution in [0.2, 0.25) is 0 Å². The highest BCUT2D eigenvalue weighted by Gasteiger charge is 2.15. The van der Waals surface area contributed by atoms with E-state index in [1.807, 2.05) is 0 Å². The molecule has 9 nitrogen and oxygen atoms in total. The van der Waals surface area contributed by atoms with Gasteiger partial charge in [-0.1, -0.05) is 5.16 Å². The van der Waals surface area contributed by atoms with Crippen molar-refractivity contribution in [2.24, 2.45) is 0 Å². The molecular formula is C16H15N3O6. The number of amides is 1. The zero-order chi connectivity index (χ0) is 17.8. The lowest BCUT2D eigenvalue weighted by atomic mass is 10.2. The summed E-state index contributed by atoms with van der Waals surface area (Å²) in [5.74, 6) is 0.499. The van der Waals surface area contributed by atoms with E-state index in [2.05, 4.69) is 15.5 Å². The van der Waals surface area contributed by atoms with Crippen LogP contribution in [0.5, 0.6) is 0 Å². The van der Waals surface area contributed by atoms with Crippen LogP contribution in [0.15, 0.2) is 37.8 Å². The smallest absolute Gasteiger partial charge is 0.339 e. The lowest BCUT2D eigenvalue weighted by Crippen LogP contribution is -2.22. The summed E-state index contributed by atoms with van der Waals surface area (Å²) in [5, 5.41) is 15.4. The van der Waals surface area contributed by atoms with Crippen LogP contribution in [0.1, 0.15) is 34.2 Å². The standard InChI is InChI=1S/C16H15N3O6/c1-9-11(16(21)22)7-10(24-9)8-17-13(20)4-5-14-18-15(19-25-14)12-3-2-6-23-12/h2-3,6-7H,4-5,8H2,1H3,(H,17,20)(H,21,22). The van der Waals surface area contributed by atoms with Crippen LogP contribution in [-0.4, -0.2) is 27.1 Å². The molecule has 0 unspecified atom stereocenters. The normalized spacial score (nSPS) is 10.8. The van der Waals surface area contributed by atoms with E-state index >= 15 is 0 Å². The number of carboxylic acid groups (broad SMARTS) is 1. The first-order valence-electron chi connectivity index (χ1n) is 7.48. The van der Waals surface area contributed by atoms with Gasteiger partial charge in [-0.15, -0.1) is 0 Å². The molecule has 3 heterocycles. The summed E-state index contributed by atoms with van der Waals surface area (Å²) in [6.07, 6.45) is 1.92. The van der Waals surface area contributed by atoms with Gasteiger partial charge in [0.25, 0.3) is 0 Å². The van der Waals surface area contributed by atoms with Crippen molar-refractivity contribution >= 4 is 11.9 Å². The van der Waals surface area contributed by atoms with Gasteiger partial charge >= 0.3 is 5.97 Å². The number of aromatic nitrogens is 2. The summed E-state index contributed by atoms with van der Waals surface area (Å²) in [6, 6.07) is 4.81. The van der Waals surface area contributed by atoms with Gasteiger partial charge in [0.2, 0.25) is 17.6 Å². The van der Waals surface area contributed by atoms with Crippen molar-refractivity contribution in [2.75, 3.05) is 0 Å². The summed E-state index contributed by atoms with van der Waals surface area (Å²) in [4.78, 5) is 27.0. The van der Waals surface area contributed by atoms with Crippen LogP contribution in [-0.2, 0) is 17.8 Å². The van der Waals surface area contributed by atoms with Crippen LogP contribution in [0.3, 0.4) is 0 Å². The van der Waals surface area contributed by atoms with E-state index in [0.29, 0.717) is 29.0 Å². The number of carbonyl (C=O) groups is 2. The molecule has 0 aliphatic rings. The number of hydrogen-bond acceptors (Lipinski definition) is 7. The van der Waals surface area contributed by atoms with Gasteiger partial charge < -0.3 is 23.8 Å². The molecule has 0 spiro atoms. The average Bonchev–Trinajstić information content (AvgIpc) is 3.30. The van der Waals surface area contributed by atoms with Crippen LogP contribution >= 0.6 is 0 Å². The molecule has 0 fully saturated rings. The molecule has 0 radical (unpaired) electrons. The lowest BCUT2D eigenvalue weighted by molar-refractivity contribution is -0.121. The van der Waals surface area contributed by atoms with Crippen molar-refractivity contribution in [3.05, 3.63) is 47.4 Å². The Morgan fingerprint density at radius 1 is 1.36 bits per heavy atom. The van der Waals surface area contributed by atoms with Crippen molar-refractivity contribution in [1.29, 1.82) is 0 Å². The molecule has 0 aliphatic carbocycles. The van der Waals surface area contributed by atoms with Gasteiger partial charge in [-0.05, 0) is 25.1 Å². The summed E-state index contributed by atoms with van der Waals surface area (Å²) in [6.45, 7) is 1.66. The summed E-state index contributed by atoms with van der Waals surface area (Å²) < 4.78 is 15.5. The lowest BCUT2D eigenvalue weighted by Gasteiger charge is -2.01. The van der Waals surface area contributed by atoms with Gasteiger partial charge in [-0.3, -0.25) is 4.79 Å². The summed E-state index contributed by atoms with van der Waals surface area (Å²) >= 11 is 0. The van der Waals surface area contributed by atoms with E-state index in [0.717, 1.165) is 0 Å². The number of nitrogens with zero attached hydrogens (tertiary/aromatic N) is 2. The summed E-state index contributed by atoms with van der Waals surface area (Å²) in [7, 11) is 0. The van der Waals surface area contributed by atoms with Crippen LogP contribution in [0.25, 0.3) is 11.6 Å². The Labute approximate surface area is 141 Å². The van der Waals surface area contributed by atoms with Crippen molar-refractivity contribution in [3.63, 3.8) is 0 Å². The van der Waals surface area contributed by atoms with Gasteiger partial charge in [0, 0.05) is 12.8 Å². The first-order valence-corrected chi connectivity index (χ1v) is 7.48. The maximum absolute atomic E-state index is 11.9. The monoisotopic (exact) mass is 345 g/mol. The fourth-order valence-electron chi connectivity index (χ4n) is 2.20. The molecule has 3 aromatic rings. The van der Waals surface area contributed by atoms with Gasteiger partial charge in [0.1, 0.15) is 17.1 Å². The van der Waals surface area contributed by atoms with Gasteiger partial charge in [-0.2, -0.15) is 4.98 Å². The zero-order valence-corrected chi connectivity index (χ0v) is 13.3. The molecule has 0 aromatic carbocycles. The number of hydrogen-bond donors (Lipinski definition) is 2. The highest BCUT2D eigenvalue weighted by molar-refractivity contribution is 5.88. The molecular weight excluding hydrogens is 330 g/mol. The number of furan rings is 2. The molecule has 2 N–H and O–H groups in total. The van der Waals surface area contributed by atoms with Crippen molar-refractivity contribution in [3.8, 4) is 11.6 Å². The highest BCUT2D eigenvalue weighted by atomic mass is 16.5. The first-order chi connectivity index (χ1) is 12.0. The topological polar surface area (TPSA) is 132 Å². The van der Waals surface area contributed by atoms with Crippen molar-refractivity contribution in [1.82, 2.24) is 15.5 Å². The Kier molecular flexibility index (Phi) is 4.64. The fraction of sp³-hybridized carbons (Fsp3) is 0.250. The Balaban J connectivity index is 1.48. The molecule has 0 saturated heterocycles. The molecule has 3 aromatic heterocycles. The Morgan fingerprint density at radius 3 is 2.88 bits per heavy atom. The van der Waals surface area contributed by atoms with Gasteiger partial charge in [0.05, 0.1) is 12.8 Å². The minimum Gasteiger partial charge on any atom is -0.478 e. The molecule has 0 bridgehead atoms. The molecule has 3 rings (SSSR count). The molecule has 130 valence electrons. The maximum atomic E-state index is 11.9. The SMILES string of the molecule is Cc1oc(CNC(=O)CCc2nc(-c3ccco3)no2)cc1C(=O)O. The molecule has 0 aliphatic heterocycles. The van der Waals surface area contributed by atoms with Crippen LogP contribution in [0, 0.1) is 6.92 Å². The molecule has 9 heteroatoms. The number of rotatable bonds is 7. The predicted octanol–water partition coefficient (Wildman–Crippen LogP) is 2.18. The number of aryl methyl sites for hydroxylation is 2. The predicted molar refractivity (Wildman–Crippen MR) is 82.6 cm³/mol. The second kappa shape index (κ2) is 7.04. The van der Waals surface area contributed by atoms with Gasteiger partial charge in [0.15, 0.2) is 5.76 Å². The fourth-order valence-corrected chi connectivity index (χ4v) is 2.20. The minimum atomic E-state index is -1.07. The third-order valence-electron chi connectivity index (χ3n) is 3.43. The Bertz CT molecular complexity index is 878. The second-order valence-electron chi connectivity index (χ2n) is 5.25. The Hall–Kier alpha value is -3.36. The van der Waals surface area contributed by atoms with E-state index in [-0.39, 0.29) is 30.9 Å². The van der Waals surface area contributed by atoms with E-state index in [1.54, 1.807) is 19.1 Å². The Morgan fingerprint density at radius 2 is 2.20 bits per heavy atom. The zero-order valence-electron chi connectivity index (χ0n) is 13.3. The average molecular weight is 345 g/mol. The first kappa shape index (κ1) is 16.5. The number of nitrogens with one attached hydrogen (secondary N) is 1. The van der Waals surface area contributed by atoms with Gasteiger partial charge in [-0.25, -0.2) is 4.79 Å². The van der Waals surface area contributed by atoms with Crippen molar-refractivity contribution < 1.29 is 28.1 Å². The largest absolute Gasteiger partial charge is 0.478 e.